The summed E-state index contributed by atoms with van der Waals surface area (Å²) in [5.41, 5.74) is 3.14. The molecule has 132 valence electrons. The number of benzene rings is 1. The van der Waals surface area contributed by atoms with Crippen LogP contribution in [0.15, 0.2) is 59.8 Å². The lowest BCUT2D eigenvalue weighted by Gasteiger charge is -2.34. The smallest absolute Gasteiger partial charge is 0.267 e. The summed E-state index contributed by atoms with van der Waals surface area (Å²) in [5.74, 6) is -0.0488. The molecule has 0 saturated heterocycles. The second-order valence-electron chi connectivity index (χ2n) is 6.49. The summed E-state index contributed by atoms with van der Waals surface area (Å²) in [7, 11) is 1.88. The largest absolute Gasteiger partial charge is 0.336 e. The van der Waals surface area contributed by atoms with Crippen LogP contribution >= 0.6 is 0 Å². The fourth-order valence-corrected chi connectivity index (χ4v) is 3.44. The quantitative estimate of drug-likeness (QED) is 0.711. The van der Waals surface area contributed by atoms with Crippen molar-refractivity contribution in [3.05, 3.63) is 82.0 Å². The number of amides is 1. The molecule has 1 aromatic carbocycles. The Morgan fingerprint density at radius 1 is 1.19 bits per heavy atom. The van der Waals surface area contributed by atoms with Crippen molar-refractivity contribution >= 4 is 5.91 Å². The molecule has 1 aliphatic rings. The summed E-state index contributed by atoms with van der Waals surface area (Å²) in [5, 5.41) is 8.25. The molecule has 3 heterocycles. The first kappa shape index (κ1) is 16.3. The van der Waals surface area contributed by atoms with E-state index < -0.39 is 0 Å². The van der Waals surface area contributed by atoms with Gasteiger partial charge in [0.2, 0.25) is 5.91 Å². The predicted molar refractivity (Wildman–Crippen MR) is 95.4 cm³/mol. The molecule has 1 atom stereocenters. The maximum Gasteiger partial charge on any atom is 0.267 e. The molecule has 26 heavy (non-hydrogen) atoms. The van der Waals surface area contributed by atoms with Gasteiger partial charge in [-0.25, -0.2) is 4.68 Å². The van der Waals surface area contributed by atoms with Crippen molar-refractivity contribution in [3.63, 3.8) is 0 Å². The van der Waals surface area contributed by atoms with E-state index in [0.29, 0.717) is 13.1 Å². The van der Waals surface area contributed by atoms with Gasteiger partial charge in [-0.05, 0) is 22.8 Å². The van der Waals surface area contributed by atoms with E-state index in [4.69, 9.17) is 0 Å². The van der Waals surface area contributed by atoms with Crippen LogP contribution in [0.3, 0.4) is 0 Å². The van der Waals surface area contributed by atoms with E-state index in [0.717, 1.165) is 11.1 Å². The summed E-state index contributed by atoms with van der Waals surface area (Å²) >= 11 is 0. The minimum atomic E-state index is -0.276. The minimum Gasteiger partial charge on any atom is -0.336 e. The van der Waals surface area contributed by atoms with E-state index in [1.807, 2.05) is 37.6 Å². The maximum absolute atomic E-state index is 12.8. The van der Waals surface area contributed by atoms with Gasteiger partial charge in [-0.2, -0.15) is 10.2 Å². The number of aryl methyl sites for hydroxylation is 1. The van der Waals surface area contributed by atoms with Crippen molar-refractivity contribution in [2.24, 2.45) is 7.05 Å². The summed E-state index contributed by atoms with van der Waals surface area (Å²) in [6.07, 6.45) is 5.34. The molecule has 7 nitrogen and oxygen atoms in total. The molecule has 0 bridgehead atoms. The molecule has 0 N–H and O–H groups in total. The van der Waals surface area contributed by atoms with Crippen molar-refractivity contribution in [1.82, 2.24) is 24.5 Å². The molecule has 3 aromatic rings. The minimum absolute atomic E-state index is 0.0540. The Morgan fingerprint density at radius 2 is 2.04 bits per heavy atom. The highest BCUT2D eigenvalue weighted by atomic mass is 16.2. The van der Waals surface area contributed by atoms with E-state index in [2.05, 4.69) is 16.3 Å². The van der Waals surface area contributed by atoms with Crippen LogP contribution in [0.1, 0.15) is 22.6 Å². The zero-order chi connectivity index (χ0) is 18.1. The summed E-state index contributed by atoms with van der Waals surface area (Å²) in [6.45, 7) is 1.04. The van der Waals surface area contributed by atoms with Gasteiger partial charge in [-0.1, -0.05) is 24.3 Å². The Labute approximate surface area is 150 Å². The summed E-state index contributed by atoms with van der Waals surface area (Å²) in [6, 6.07) is 11.1. The fourth-order valence-electron chi connectivity index (χ4n) is 3.44. The van der Waals surface area contributed by atoms with Gasteiger partial charge in [-0.15, -0.1) is 0 Å². The molecule has 2 aromatic heterocycles. The molecule has 0 radical (unpaired) electrons. The second-order valence-corrected chi connectivity index (χ2v) is 6.49. The Kier molecular flexibility index (Phi) is 4.12. The highest BCUT2D eigenvalue weighted by molar-refractivity contribution is 5.76. The standard InChI is InChI=1S/C19H19N5O2/c1-22-10-15(9-21-22)17-12-23(11-14-5-2-3-6-16(14)17)19(26)13-24-18(25)7-4-8-20-24/h2-10,17H,11-13H2,1H3. The van der Waals surface area contributed by atoms with E-state index in [-0.39, 0.29) is 23.9 Å². The zero-order valence-electron chi connectivity index (χ0n) is 14.4. The normalized spacial score (nSPS) is 16.3. The first-order valence-electron chi connectivity index (χ1n) is 8.48. The first-order chi connectivity index (χ1) is 12.6. The first-order valence-corrected chi connectivity index (χ1v) is 8.48. The third-order valence-electron chi connectivity index (χ3n) is 4.74. The highest BCUT2D eigenvalue weighted by Crippen LogP contribution is 2.33. The third-order valence-corrected chi connectivity index (χ3v) is 4.74. The molecule has 0 spiro atoms. The van der Waals surface area contributed by atoms with E-state index in [9.17, 15) is 9.59 Å². The SMILES string of the molecule is Cn1cc(C2CN(C(=O)Cn3ncccc3=O)Cc3ccccc32)cn1. The number of rotatable bonds is 3. The highest BCUT2D eigenvalue weighted by Gasteiger charge is 2.29. The van der Waals surface area contributed by atoms with E-state index >= 15 is 0 Å². The molecule has 0 aliphatic carbocycles. The molecule has 1 unspecified atom stereocenters. The summed E-state index contributed by atoms with van der Waals surface area (Å²) < 4.78 is 2.97. The number of aromatic nitrogens is 4. The van der Waals surface area contributed by atoms with Crippen molar-refractivity contribution in [2.45, 2.75) is 19.0 Å². The number of carbonyl (C=O) groups is 1. The number of hydrogen-bond acceptors (Lipinski definition) is 4. The molecule has 1 amide bonds. The fraction of sp³-hybridized carbons (Fsp3) is 0.263. The van der Waals surface area contributed by atoms with E-state index in [1.165, 1.54) is 22.5 Å². The Balaban J connectivity index is 1.63. The number of carbonyl (C=O) groups excluding carboxylic acids is 1. The van der Waals surface area contributed by atoms with Crippen LogP contribution in [0.5, 0.6) is 0 Å². The predicted octanol–water partition coefficient (Wildman–Crippen LogP) is 1.15. The van der Waals surface area contributed by atoms with E-state index in [1.54, 1.807) is 15.6 Å². The average molecular weight is 349 g/mol. The van der Waals surface area contributed by atoms with Gasteiger partial charge in [-0.3, -0.25) is 14.3 Å². The van der Waals surface area contributed by atoms with Crippen molar-refractivity contribution < 1.29 is 4.79 Å². The molecule has 7 heteroatoms. The maximum atomic E-state index is 12.8. The lowest BCUT2D eigenvalue weighted by molar-refractivity contribution is -0.133. The Hall–Kier alpha value is -3.22. The lowest BCUT2D eigenvalue weighted by atomic mass is 9.86. The molecule has 0 fully saturated rings. The van der Waals surface area contributed by atoms with Gasteiger partial charge < -0.3 is 4.90 Å². The number of hydrogen-bond donors (Lipinski definition) is 0. The van der Waals surface area contributed by atoms with Crippen LogP contribution in [0, 0.1) is 0 Å². The Bertz CT molecular complexity index is 1010. The molecule has 0 saturated carbocycles. The molecule has 4 rings (SSSR count). The van der Waals surface area contributed by atoms with Gasteiger partial charge in [0.05, 0.1) is 6.20 Å². The van der Waals surface area contributed by atoms with Gasteiger partial charge in [0.15, 0.2) is 0 Å². The third kappa shape index (κ3) is 3.03. The number of fused-ring (bicyclic) bond motifs is 1. The van der Waals surface area contributed by atoms with Crippen molar-refractivity contribution in [1.29, 1.82) is 0 Å². The zero-order valence-corrected chi connectivity index (χ0v) is 14.4. The van der Waals surface area contributed by atoms with Gasteiger partial charge in [0.25, 0.3) is 5.56 Å². The molecular weight excluding hydrogens is 330 g/mol. The molecule has 1 aliphatic heterocycles. The lowest BCUT2D eigenvalue weighted by Crippen LogP contribution is -2.41. The van der Waals surface area contributed by atoms with Crippen LogP contribution in [-0.4, -0.2) is 36.9 Å². The van der Waals surface area contributed by atoms with Gasteiger partial charge in [0, 0.05) is 44.5 Å². The van der Waals surface area contributed by atoms with Crippen LogP contribution in [0.2, 0.25) is 0 Å². The molecular formula is C19H19N5O2. The van der Waals surface area contributed by atoms with Crippen molar-refractivity contribution in [2.75, 3.05) is 6.54 Å². The van der Waals surface area contributed by atoms with Crippen molar-refractivity contribution in [3.8, 4) is 0 Å². The van der Waals surface area contributed by atoms with Crippen LogP contribution in [0.4, 0.5) is 0 Å². The van der Waals surface area contributed by atoms with Crippen LogP contribution in [-0.2, 0) is 24.9 Å². The summed E-state index contributed by atoms with van der Waals surface area (Å²) in [4.78, 5) is 26.5. The van der Waals surface area contributed by atoms with Crippen LogP contribution < -0.4 is 5.56 Å². The van der Waals surface area contributed by atoms with Crippen LogP contribution in [0.25, 0.3) is 0 Å². The average Bonchev–Trinajstić information content (AvgIpc) is 3.09. The second kappa shape index (κ2) is 6.59. The monoisotopic (exact) mass is 349 g/mol. The van der Waals surface area contributed by atoms with Gasteiger partial charge in [0.1, 0.15) is 6.54 Å². The Morgan fingerprint density at radius 3 is 2.81 bits per heavy atom. The number of nitrogens with zero attached hydrogens (tertiary/aromatic N) is 5. The van der Waals surface area contributed by atoms with Gasteiger partial charge >= 0.3 is 0 Å². The topological polar surface area (TPSA) is 73.0 Å².